The lowest BCUT2D eigenvalue weighted by molar-refractivity contribution is 0.0977. The topological polar surface area (TPSA) is 108 Å². The number of hydrogen-bond donors (Lipinski definition) is 2. The first-order chi connectivity index (χ1) is 14.4. The Hall–Kier alpha value is -2.13. The molecule has 0 aliphatic carbocycles. The van der Waals surface area contributed by atoms with E-state index in [0.717, 1.165) is 36.5 Å². The highest BCUT2D eigenvalue weighted by Crippen LogP contribution is 2.37. The van der Waals surface area contributed by atoms with Gasteiger partial charge in [0.2, 0.25) is 10.0 Å². The number of sulfonamides is 1. The Morgan fingerprint density at radius 2 is 1.87 bits per heavy atom. The maximum atomic E-state index is 12.6. The van der Waals surface area contributed by atoms with Crippen LogP contribution in [0, 0.1) is 0 Å². The number of Topliss-reactive ketones (excluding diaryl/α,β-unsaturated/α-hetero) is 1. The molecule has 0 amide bonds. The highest BCUT2D eigenvalue weighted by molar-refractivity contribution is 7.89. The number of nitrogens with two attached hydrogens (primary N) is 1. The Kier molecular flexibility index (Phi) is 7.71. The largest absolute Gasteiger partial charge is 0.486 e. The van der Waals surface area contributed by atoms with Crippen molar-refractivity contribution >= 4 is 27.4 Å². The summed E-state index contributed by atoms with van der Waals surface area (Å²) in [6.07, 6.45) is 2.64. The molecule has 0 saturated heterocycles. The van der Waals surface area contributed by atoms with Gasteiger partial charge >= 0.3 is 0 Å². The van der Waals surface area contributed by atoms with Crippen LogP contribution in [0.1, 0.15) is 35.2 Å². The van der Waals surface area contributed by atoms with E-state index >= 15 is 0 Å². The summed E-state index contributed by atoms with van der Waals surface area (Å²) < 4.78 is 34.6. The molecular weight excluding hydrogens is 428 g/mol. The van der Waals surface area contributed by atoms with Gasteiger partial charge in [0.25, 0.3) is 0 Å². The molecular formula is C21H25ClN2O5S. The van der Waals surface area contributed by atoms with Crippen molar-refractivity contribution in [3.8, 4) is 11.5 Å². The average molecular weight is 453 g/mol. The summed E-state index contributed by atoms with van der Waals surface area (Å²) in [6, 6.07) is 10.5. The molecule has 9 heteroatoms. The minimum Gasteiger partial charge on any atom is -0.486 e. The molecule has 3 N–H and O–H groups in total. The van der Waals surface area contributed by atoms with Gasteiger partial charge in [-0.25, -0.2) is 13.6 Å². The Balaban J connectivity index is 1.48. The van der Waals surface area contributed by atoms with Crippen molar-refractivity contribution in [2.45, 2.75) is 30.6 Å². The molecule has 0 bridgehead atoms. The molecule has 30 heavy (non-hydrogen) atoms. The highest BCUT2D eigenvalue weighted by Gasteiger charge is 2.25. The SMILES string of the molecule is NS(=O)(=O)c1cc(C(=O)CCCCNCCc2ccccc2Cl)cc2c1OCCO2. The average Bonchev–Trinajstić information content (AvgIpc) is 2.72. The second-order valence-electron chi connectivity index (χ2n) is 7.02. The third-order valence-electron chi connectivity index (χ3n) is 4.77. The number of fused-ring (bicyclic) bond motifs is 1. The molecule has 7 nitrogen and oxygen atoms in total. The number of nitrogens with one attached hydrogen (secondary N) is 1. The van der Waals surface area contributed by atoms with Crippen LogP contribution >= 0.6 is 11.6 Å². The van der Waals surface area contributed by atoms with Gasteiger partial charge in [0.05, 0.1) is 0 Å². The van der Waals surface area contributed by atoms with Crippen LogP contribution in [0.2, 0.25) is 5.02 Å². The molecule has 0 fully saturated rings. The number of ether oxygens (including phenoxy) is 2. The number of benzene rings is 2. The number of rotatable bonds is 10. The third kappa shape index (κ3) is 5.95. The molecule has 0 spiro atoms. The highest BCUT2D eigenvalue weighted by atomic mass is 35.5. The summed E-state index contributed by atoms with van der Waals surface area (Å²) >= 11 is 6.14. The summed E-state index contributed by atoms with van der Waals surface area (Å²) in [6.45, 7) is 2.10. The summed E-state index contributed by atoms with van der Waals surface area (Å²) in [5.41, 5.74) is 1.36. The number of hydrogen-bond acceptors (Lipinski definition) is 6. The van der Waals surface area contributed by atoms with Crippen molar-refractivity contribution in [1.82, 2.24) is 5.32 Å². The predicted octanol–water partition coefficient (Wildman–Crippen LogP) is 2.94. The van der Waals surface area contributed by atoms with E-state index in [0.29, 0.717) is 12.8 Å². The first-order valence-corrected chi connectivity index (χ1v) is 11.7. The summed E-state index contributed by atoms with van der Waals surface area (Å²) in [5, 5.41) is 9.39. The zero-order valence-corrected chi connectivity index (χ0v) is 18.1. The Bertz CT molecular complexity index is 1010. The van der Waals surface area contributed by atoms with E-state index in [-0.39, 0.29) is 41.0 Å². The monoisotopic (exact) mass is 452 g/mol. The lowest BCUT2D eigenvalue weighted by atomic mass is 10.0. The molecule has 162 valence electrons. The fourth-order valence-corrected chi connectivity index (χ4v) is 4.16. The summed E-state index contributed by atoms with van der Waals surface area (Å²) in [7, 11) is -4.04. The Morgan fingerprint density at radius 3 is 2.63 bits per heavy atom. The third-order valence-corrected chi connectivity index (χ3v) is 6.06. The smallest absolute Gasteiger partial charge is 0.241 e. The molecule has 2 aromatic carbocycles. The maximum absolute atomic E-state index is 12.6. The lowest BCUT2D eigenvalue weighted by Crippen LogP contribution is -2.21. The van der Waals surface area contributed by atoms with Crippen LogP contribution in [0.4, 0.5) is 0 Å². The van der Waals surface area contributed by atoms with Crippen molar-refractivity contribution in [1.29, 1.82) is 0 Å². The van der Waals surface area contributed by atoms with Crippen molar-refractivity contribution in [2.75, 3.05) is 26.3 Å². The molecule has 0 radical (unpaired) electrons. The Labute approximate surface area is 181 Å². The number of carbonyl (C=O) groups is 1. The van der Waals surface area contributed by atoms with Crippen LogP contribution in [-0.4, -0.2) is 40.5 Å². The van der Waals surface area contributed by atoms with Crippen LogP contribution in [0.3, 0.4) is 0 Å². The van der Waals surface area contributed by atoms with Crippen LogP contribution in [0.5, 0.6) is 11.5 Å². The Morgan fingerprint density at radius 1 is 1.10 bits per heavy atom. The molecule has 3 rings (SSSR count). The second-order valence-corrected chi connectivity index (χ2v) is 8.95. The molecule has 0 saturated carbocycles. The van der Waals surface area contributed by atoms with Gasteiger partial charge in [-0.2, -0.15) is 0 Å². The zero-order chi connectivity index (χ0) is 21.6. The number of carbonyl (C=O) groups excluding carboxylic acids is 1. The van der Waals surface area contributed by atoms with Crippen molar-refractivity contribution in [3.05, 3.63) is 52.5 Å². The van der Waals surface area contributed by atoms with Crippen LogP contribution < -0.4 is 19.9 Å². The van der Waals surface area contributed by atoms with E-state index in [1.807, 2.05) is 24.3 Å². The quantitative estimate of drug-likeness (QED) is 0.424. The molecule has 0 atom stereocenters. The minimum atomic E-state index is -4.04. The van der Waals surface area contributed by atoms with Crippen molar-refractivity contribution in [2.24, 2.45) is 5.14 Å². The van der Waals surface area contributed by atoms with Gasteiger partial charge in [-0.05, 0) is 56.1 Å². The summed E-state index contributed by atoms with van der Waals surface area (Å²) in [5.74, 6) is 0.147. The van der Waals surface area contributed by atoms with E-state index in [1.54, 1.807) is 0 Å². The van der Waals surface area contributed by atoms with Crippen LogP contribution in [0.25, 0.3) is 0 Å². The fourth-order valence-electron chi connectivity index (χ4n) is 3.22. The fraction of sp³-hybridized carbons (Fsp3) is 0.381. The van der Waals surface area contributed by atoms with Gasteiger partial charge in [0.1, 0.15) is 18.1 Å². The van der Waals surface area contributed by atoms with Crippen molar-refractivity contribution in [3.63, 3.8) is 0 Å². The van der Waals surface area contributed by atoms with E-state index < -0.39 is 10.0 Å². The van der Waals surface area contributed by atoms with Crippen molar-refractivity contribution < 1.29 is 22.7 Å². The zero-order valence-electron chi connectivity index (χ0n) is 16.5. The molecule has 0 aromatic heterocycles. The van der Waals surface area contributed by atoms with Gasteiger partial charge in [-0.15, -0.1) is 0 Å². The van der Waals surface area contributed by atoms with Crippen LogP contribution in [0.15, 0.2) is 41.3 Å². The number of halogens is 1. The number of primary sulfonamides is 1. The molecule has 0 unspecified atom stereocenters. The van der Waals surface area contributed by atoms with E-state index in [4.69, 9.17) is 26.2 Å². The van der Waals surface area contributed by atoms with Crippen LogP contribution in [-0.2, 0) is 16.4 Å². The van der Waals surface area contributed by atoms with Gasteiger partial charge in [0.15, 0.2) is 17.3 Å². The van der Waals surface area contributed by atoms with Gasteiger partial charge in [-0.1, -0.05) is 29.8 Å². The van der Waals surface area contributed by atoms with E-state index in [1.165, 1.54) is 12.1 Å². The molecule has 1 aliphatic heterocycles. The maximum Gasteiger partial charge on any atom is 0.241 e. The molecule has 1 heterocycles. The number of unbranched alkanes of at least 4 members (excludes halogenated alkanes) is 1. The van der Waals surface area contributed by atoms with Gasteiger partial charge in [-0.3, -0.25) is 4.79 Å². The van der Waals surface area contributed by atoms with Gasteiger partial charge in [0, 0.05) is 17.0 Å². The molecule has 1 aliphatic rings. The van der Waals surface area contributed by atoms with E-state index in [9.17, 15) is 13.2 Å². The number of ketones is 1. The predicted molar refractivity (Wildman–Crippen MR) is 115 cm³/mol. The first kappa shape index (κ1) is 22.6. The lowest BCUT2D eigenvalue weighted by Gasteiger charge is -2.21. The minimum absolute atomic E-state index is 0.0722. The normalized spacial score (nSPS) is 13.3. The van der Waals surface area contributed by atoms with E-state index in [2.05, 4.69) is 5.32 Å². The standard InChI is InChI=1S/C21H25ClN2O5S/c22-17-6-2-1-5-15(17)8-10-24-9-4-3-7-18(25)16-13-19-21(29-12-11-28-19)20(14-16)30(23,26)27/h1-2,5-6,13-14,24H,3-4,7-12H2,(H2,23,26,27). The molecule has 2 aromatic rings. The summed E-state index contributed by atoms with van der Waals surface area (Å²) in [4.78, 5) is 12.3. The van der Waals surface area contributed by atoms with Gasteiger partial charge < -0.3 is 14.8 Å². The second kappa shape index (κ2) is 10.3. The first-order valence-electron chi connectivity index (χ1n) is 9.80.